The molecule has 2 aromatic heterocycles. The first-order valence-corrected chi connectivity index (χ1v) is 12.4. The first-order chi connectivity index (χ1) is 16.1. The largest absolute Gasteiger partial charge is 0.476 e. The molecule has 178 valence electrons. The van der Waals surface area contributed by atoms with Gasteiger partial charge < -0.3 is 9.84 Å². The average Bonchev–Trinajstić information content (AvgIpc) is 3.28. The van der Waals surface area contributed by atoms with E-state index < -0.39 is 15.4 Å². The van der Waals surface area contributed by atoms with Crippen molar-refractivity contribution in [1.29, 1.82) is 0 Å². The zero-order valence-electron chi connectivity index (χ0n) is 18.2. The van der Waals surface area contributed by atoms with Crippen molar-refractivity contribution in [2.45, 2.75) is 18.7 Å². The molecule has 0 saturated heterocycles. The standard InChI is InChI=1S/C22H21Cl2N5O4S/c1-22(2,11-30)12-33-21-15-10-25-28-20(15)26-19(27-21)13-6-8-14(9-7-13)29-34(31,32)17-5-3-4-16(23)18(17)24/h3-10,29-30H,11-12H2,1-2H3,(H,25,26,27,28). The van der Waals surface area contributed by atoms with E-state index in [-0.39, 0.29) is 28.2 Å². The lowest BCUT2D eigenvalue weighted by atomic mass is 9.97. The number of aliphatic hydroxyl groups is 1. The topological polar surface area (TPSA) is 130 Å². The number of nitrogens with zero attached hydrogens (tertiary/aromatic N) is 3. The molecule has 0 aliphatic heterocycles. The summed E-state index contributed by atoms with van der Waals surface area (Å²) in [5, 5.41) is 17.0. The summed E-state index contributed by atoms with van der Waals surface area (Å²) in [6.07, 6.45) is 1.57. The molecule has 0 unspecified atom stereocenters. The third-order valence-corrected chi connectivity index (χ3v) is 7.26. The normalized spacial score (nSPS) is 12.1. The van der Waals surface area contributed by atoms with Crippen LogP contribution in [0.25, 0.3) is 22.4 Å². The van der Waals surface area contributed by atoms with Crippen LogP contribution in [-0.4, -0.2) is 46.9 Å². The van der Waals surface area contributed by atoms with Crippen molar-refractivity contribution in [3.63, 3.8) is 0 Å². The molecule has 0 radical (unpaired) electrons. The number of aromatic nitrogens is 4. The molecule has 3 N–H and O–H groups in total. The zero-order valence-corrected chi connectivity index (χ0v) is 20.5. The first-order valence-electron chi connectivity index (χ1n) is 10.1. The van der Waals surface area contributed by atoms with Crippen LogP contribution in [0.15, 0.2) is 53.6 Å². The zero-order chi connectivity index (χ0) is 24.5. The van der Waals surface area contributed by atoms with E-state index in [1.807, 2.05) is 13.8 Å². The Morgan fingerprint density at radius 2 is 1.85 bits per heavy atom. The van der Waals surface area contributed by atoms with E-state index in [0.29, 0.717) is 34.0 Å². The molecule has 2 aromatic carbocycles. The monoisotopic (exact) mass is 521 g/mol. The minimum absolute atomic E-state index is 0.0444. The predicted octanol–water partition coefficient (Wildman–Crippen LogP) is 4.52. The van der Waals surface area contributed by atoms with Crippen LogP contribution in [0, 0.1) is 5.41 Å². The lowest BCUT2D eigenvalue weighted by Gasteiger charge is -2.21. The van der Waals surface area contributed by atoms with Gasteiger partial charge in [0.15, 0.2) is 11.5 Å². The second kappa shape index (κ2) is 9.38. The molecule has 0 amide bonds. The lowest BCUT2D eigenvalue weighted by Crippen LogP contribution is -2.25. The molecular formula is C22H21Cl2N5O4S. The number of hydrogen-bond donors (Lipinski definition) is 3. The summed E-state index contributed by atoms with van der Waals surface area (Å²) in [6.45, 7) is 3.94. The highest BCUT2D eigenvalue weighted by atomic mass is 35.5. The van der Waals surface area contributed by atoms with Crippen LogP contribution in [0.1, 0.15) is 13.8 Å². The second-order valence-electron chi connectivity index (χ2n) is 8.33. The highest BCUT2D eigenvalue weighted by Gasteiger charge is 2.21. The number of rotatable bonds is 8. The summed E-state index contributed by atoms with van der Waals surface area (Å²) in [5.74, 6) is 0.691. The molecule has 0 atom stereocenters. The summed E-state index contributed by atoms with van der Waals surface area (Å²) in [5.41, 5.74) is 0.989. The Morgan fingerprint density at radius 3 is 2.56 bits per heavy atom. The van der Waals surface area contributed by atoms with E-state index in [1.54, 1.807) is 30.5 Å². The Balaban J connectivity index is 1.60. The van der Waals surface area contributed by atoms with E-state index in [1.165, 1.54) is 18.2 Å². The van der Waals surface area contributed by atoms with Crippen LogP contribution in [0.3, 0.4) is 0 Å². The fraction of sp³-hybridized carbons (Fsp3) is 0.227. The van der Waals surface area contributed by atoms with Gasteiger partial charge in [-0.15, -0.1) is 0 Å². The van der Waals surface area contributed by atoms with Gasteiger partial charge in [-0.3, -0.25) is 9.82 Å². The van der Waals surface area contributed by atoms with E-state index in [0.717, 1.165) is 0 Å². The molecule has 9 nitrogen and oxygen atoms in total. The maximum Gasteiger partial charge on any atom is 0.263 e. The summed E-state index contributed by atoms with van der Waals surface area (Å²) >= 11 is 12.0. The molecule has 0 aliphatic rings. The van der Waals surface area contributed by atoms with Crippen molar-refractivity contribution in [3.05, 3.63) is 58.7 Å². The number of hydrogen-bond acceptors (Lipinski definition) is 7. The van der Waals surface area contributed by atoms with Crippen molar-refractivity contribution in [3.8, 4) is 17.3 Å². The fourth-order valence-electron chi connectivity index (χ4n) is 2.95. The molecule has 0 saturated carbocycles. The number of anilines is 1. The number of nitrogens with one attached hydrogen (secondary N) is 2. The number of H-pyrrole nitrogens is 1. The maximum atomic E-state index is 12.7. The van der Waals surface area contributed by atoms with Crippen molar-refractivity contribution in [1.82, 2.24) is 20.2 Å². The third-order valence-electron chi connectivity index (χ3n) is 4.90. The second-order valence-corrected chi connectivity index (χ2v) is 10.8. The van der Waals surface area contributed by atoms with Crippen LogP contribution < -0.4 is 9.46 Å². The van der Waals surface area contributed by atoms with Gasteiger partial charge in [0, 0.05) is 16.7 Å². The predicted molar refractivity (Wildman–Crippen MR) is 131 cm³/mol. The van der Waals surface area contributed by atoms with Crippen molar-refractivity contribution in [2.75, 3.05) is 17.9 Å². The summed E-state index contributed by atoms with van der Waals surface area (Å²) in [4.78, 5) is 8.86. The van der Waals surface area contributed by atoms with Gasteiger partial charge >= 0.3 is 0 Å². The van der Waals surface area contributed by atoms with Gasteiger partial charge in [-0.25, -0.2) is 13.4 Å². The Bertz CT molecular complexity index is 1440. The van der Waals surface area contributed by atoms with E-state index in [9.17, 15) is 13.5 Å². The van der Waals surface area contributed by atoms with Gasteiger partial charge in [-0.2, -0.15) is 10.1 Å². The molecule has 4 aromatic rings. The Morgan fingerprint density at radius 1 is 1.12 bits per heavy atom. The molecule has 0 fully saturated rings. The number of halogens is 2. The number of fused-ring (bicyclic) bond motifs is 1. The van der Waals surface area contributed by atoms with Gasteiger partial charge in [-0.05, 0) is 36.4 Å². The molecule has 0 spiro atoms. The summed E-state index contributed by atoms with van der Waals surface area (Å²) in [7, 11) is -3.95. The SMILES string of the molecule is CC(C)(CO)COc1nc(-c2ccc(NS(=O)(=O)c3cccc(Cl)c3Cl)cc2)nc2[nH]ncc12. The van der Waals surface area contributed by atoms with E-state index in [4.69, 9.17) is 27.9 Å². The fourth-order valence-corrected chi connectivity index (χ4v) is 4.77. The number of aliphatic hydroxyl groups excluding tert-OH is 1. The summed E-state index contributed by atoms with van der Waals surface area (Å²) < 4.78 is 33.8. The van der Waals surface area contributed by atoms with Crippen LogP contribution in [-0.2, 0) is 10.0 Å². The Kier molecular flexibility index (Phi) is 6.68. The lowest BCUT2D eigenvalue weighted by molar-refractivity contribution is 0.0960. The maximum absolute atomic E-state index is 12.7. The number of aromatic amines is 1. The molecule has 0 bridgehead atoms. The molecule has 34 heavy (non-hydrogen) atoms. The summed E-state index contributed by atoms with van der Waals surface area (Å²) in [6, 6.07) is 10.9. The Hall–Kier alpha value is -2.92. The minimum Gasteiger partial charge on any atom is -0.476 e. The quantitative estimate of drug-likeness (QED) is 0.310. The van der Waals surface area contributed by atoms with Crippen molar-refractivity contribution in [2.24, 2.45) is 5.41 Å². The van der Waals surface area contributed by atoms with Crippen LogP contribution in [0.5, 0.6) is 5.88 Å². The van der Waals surface area contributed by atoms with Gasteiger partial charge in [0.2, 0.25) is 5.88 Å². The van der Waals surface area contributed by atoms with Crippen LogP contribution in [0.2, 0.25) is 10.0 Å². The number of ether oxygens (including phenoxy) is 1. The van der Waals surface area contributed by atoms with Gasteiger partial charge in [-0.1, -0.05) is 43.1 Å². The number of benzene rings is 2. The van der Waals surface area contributed by atoms with E-state index >= 15 is 0 Å². The third kappa shape index (κ3) is 5.10. The smallest absolute Gasteiger partial charge is 0.263 e. The first kappa shape index (κ1) is 24.2. The van der Waals surface area contributed by atoms with Gasteiger partial charge in [0.05, 0.1) is 29.5 Å². The van der Waals surface area contributed by atoms with E-state index in [2.05, 4.69) is 24.9 Å². The van der Waals surface area contributed by atoms with Crippen molar-refractivity contribution >= 4 is 49.9 Å². The van der Waals surface area contributed by atoms with Crippen LogP contribution in [0.4, 0.5) is 5.69 Å². The van der Waals surface area contributed by atoms with Crippen molar-refractivity contribution < 1.29 is 18.3 Å². The molecule has 0 aliphatic carbocycles. The van der Waals surface area contributed by atoms with Gasteiger partial charge in [0.1, 0.15) is 10.3 Å². The molecular weight excluding hydrogens is 501 g/mol. The van der Waals surface area contributed by atoms with Gasteiger partial charge in [0.25, 0.3) is 10.0 Å². The minimum atomic E-state index is -3.95. The average molecular weight is 522 g/mol. The highest BCUT2D eigenvalue weighted by Crippen LogP contribution is 2.31. The highest BCUT2D eigenvalue weighted by molar-refractivity contribution is 7.92. The molecule has 4 rings (SSSR count). The Labute approximate surface area is 206 Å². The molecule has 12 heteroatoms. The van der Waals surface area contributed by atoms with Crippen LogP contribution >= 0.6 is 23.2 Å². The number of sulfonamides is 1. The molecule has 2 heterocycles.